The van der Waals surface area contributed by atoms with E-state index >= 15 is 0 Å². The molecule has 0 radical (unpaired) electrons. The lowest BCUT2D eigenvalue weighted by molar-refractivity contribution is -0.384. The molecule has 1 aliphatic rings. The molecule has 2 aromatic rings. The summed E-state index contributed by atoms with van der Waals surface area (Å²) in [5.74, 6) is 0. The number of nitrogens with one attached hydrogen (secondary N) is 1. The van der Waals surface area contributed by atoms with Crippen molar-refractivity contribution >= 4 is 34.3 Å². The summed E-state index contributed by atoms with van der Waals surface area (Å²) in [5, 5.41) is 14.3. The molecule has 20 heavy (non-hydrogen) atoms. The minimum atomic E-state index is -0.369. The van der Waals surface area contributed by atoms with Crippen LogP contribution in [0.25, 0.3) is 0 Å². The molecule has 6 heteroatoms. The number of thiophene rings is 1. The van der Waals surface area contributed by atoms with E-state index < -0.39 is 0 Å². The Bertz CT molecular complexity index is 684. The molecule has 1 unspecified atom stereocenters. The fourth-order valence-electron chi connectivity index (χ4n) is 2.55. The van der Waals surface area contributed by atoms with Crippen molar-refractivity contribution in [3.63, 3.8) is 0 Å². The summed E-state index contributed by atoms with van der Waals surface area (Å²) >= 11 is 7.67. The Balaban J connectivity index is 1.88. The van der Waals surface area contributed by atoms with Crippen molar-refractivity contribution in [3.05, 3.63) is 54.7 Å². The Morgan fingerprint density at radius 1 is 1.45 bits per heavy atom. The third kappa shape index (κ3) is 2.39. The second-order valence-electron chi connectivity index (χ2n) is 4.92. The third-order valence-corrected chi connectivity index (χ3v) is 4.95. The van der Waals surface area contributed by atoms with Gasteiger partial charge in [-0.3, -0.25) is 10.1 Å². The van der Waals surface area contributed by atoms with Crippen molar-refractivity contribution in [2.24, 2.45) is 0 Å². The Hall–Kier alpha value is -1.59. The van der Waals surface area contributed by atoms with Gasteiger partial charge in [-0.05, 0) is 37.0 Å². The number of anilines is 1. The van der Waals surface area contributed by atoms with Crippen molar-refractivity contribution < 1.29 is 4.92 Å². The molecule has 1 N–H and O–H groups in total. The van der Waals surface area contributed by atoms with Crippen molar-refractivity contribution in [2.75, 3.05) is 5.32 Å². The van der Waals surface area contributed by atoms with Crippen molar-refractivity contribution in [2.45, 2.75) is 25.8 Å². The molecule has 104 valence electrons. The molecule has 0 aliphatic heterocycles. The predicted molar refractivity (Wildman–Crippen MR) is 81.8 cm³/mol. The maximum Gasteiger partial charge on any atom is 0.271 e. The topological polar surface area (TPSA) is 55.2 Å². The van der Waals surface area contributed by atoms with E-state index in [9.17, 15) is 10.1 Å². The summed E-state index contributed by atoms with van der Waals surface area (Å²) in [6, 6.07) is 7.09. The zero-order valence-corrected chi connectivity index (χ0v) is 12.4. The molecule has 0 fully saturated rings. The second-order valence-corrected chi connectivity index (χ2v) is 6.69. The fraction of sp³-hybridized carbons (Fsp3) is 0.286. The van der Waals surface area contributed by atoms with E-state index in [0.717, 1.165) is 28.4 Å². The average Bonchev–Trinajstić information content (AvgIpc) is 2.92. The maximum absolute atomic E-state index is 10.9. The molecule has 4 nitrogen and oxygen atoms in total. The predicted octanol–water partition coefficient (Wildman–Crippen LogP) is 4.72. The van der Waals surface area contributed by atoms with Gasteiger partial charge in [0.1, 0.15) is 0 Å². The van der Waals surface area contributed by atoms with Crippen molar-refractivity contribution in [1.29, 1.82) is 0 Å². The van der Waals surface area contributed by atoms with Crippen LogP contribution in [0.1, 0.15) is 28.5 Å². The lowest BCUT2D eigenvalue weighted by Crippen LogP contribution is -2.08. The fourth-order valence-corrected chi connectivity index (χ4v) is 3.90. The molecule has 1 aromatic heterocycles. The Morgan fingerprint density at radius 3 is 3.00 bits per heavy atom. The molecular weight excluding hydrogens is 296 g/mol. The molecule has 0 spiro atoms. The van der Waals surface area contributed by atoms with Gasteiger partial charge in [0.05, 0.1) is 15.3 Å². The van der Waals surface area contributed by atoms with Gasteiger partial charge >= 0.3 is 0 Å². The van der Waals surface area contributed by atoms with Crippen LogP contribution in [-0.2, 0) is 6.42 Å². The summed E-state index contributed by atoms with van der Waals surface area (Å²) < 4.78 is 0.803. The number of halogens is 1. The zero-order valence-electron chi connectivity index (χ0n) is 10.9. The van der Waals surface area contributed by atoms with Crippen molar-refractivity contribution in [3.8, 4) is 0 Å². The molecule has 0 saturated heterocycles. The van der Waals surface area contributed by atoms with Crippen LogP contribution >= 0.6 is 22.9 Å². The summed E-state index contributed by atoms with van der Waals surface area (Å²) in [4.78, 5) is 11.8. The van der Waals surface area contributed by atoms with E-state index in [4.69, 9.17) is 11.6 Å². The van der Waals surface area contributed by atoms with Crippen LogP contribution in [0.15, 0.2) is 24.3 Å². The number of rotatable bonds is 3. The number of fused-ring (bicyclic) bond motifs is 1. The smallest absolute Gasteiger partial charge is 0.271 e. The highest BCUT2D eigenvalue weighted by molar-refractivity contribution is 7.16. The van der Waals surface area contributed by atoms with Gasteiger partial charge in [0.2, 0.25) is 0 Å². The maximum atomic E-state index is 10.9. The molecule has 0 saturated carbocycles. The molecule has 1 aliphatic carbocycles. The summed E-state index contributed by atoms with van der Waals surface area (Å²) in [6.45, 7) is 1.95. The van der Waals surface area contributed by atoms with Crippen LogP contribution in [0, 0.1) is 17.0 Å². The lowest BCUT2D eigenvalue weighted by Gasteiger charge is -2.16. The van der Waals surface area contributed by atoms with Gasteiger partial charge in [0.15, 0.2) is 0 Å². The van der Waals surface area contributed by atoms with E-state index in [-0.39, 0.29) is 16.7 Å². The number of benzene rings is 1. The minimum Gasteiger partial charge on any atom is -0.378 e. The quantitative estimate of drug-likeness (QED) is 0.659. The second kappa shape index (κ2) is 5.07. The first-order valence-corrected chi connectivity index (χ1v) is 7.53. The highest BCUT2D eigenvalue weighted by atomic mass is 35.5. The van der Waals surface area contributed by atoms with Crippen LogP contribution in [0.3, 0.4) is 0 Å². The number of hydrogen-bond acceptors (Lipinski definition) is 4. The SMILES string of the molecule is Cc1ccc([N+](=O)[O-])cc1NC1CCc2sc(Cl)cc21. The van der Waals surface area contributed by atoms with Gasteiger partial charge in [-0.15, -0.1) is 11.3 Å². The van der Waals surface area contributed by atoms with Crippen LogP contribution in [0.2, 0.25) is 4.34 Å². The van der Waals surface area contributed by atoms with Gasteiger partial charge in [0, 0.05) is 22.7 Å². The number of non-ortho nitro benzene ring substituents is 1. The van der Waals surface area contributed by atoms with E-state index in [2.05, 4.69) is 5.32 Å². The summed E-state index contributed by atoms with van der Waals surface area (Å²) in [6.07, 6.45) is 2.01. The normalized spacial score (nSPS) is 17.0. The highest BCUT2D eigenvalue weighted by Gasteiger charge is 2.25. The Kier molecular flexibility index (Phi) is 3.40. The van der Waals surface area contributed by atoms with E-state index in [0.29, 0.717) is 0 Å². The van der Waals surface area contributed by atoms with E-state index in [1.807, 2.05) is 13.0 Å². The number of nitro benzene ring substituents is 1. The van der Waals surface area contributed by atoms with Gasteiger partial charge < -0.3 is 5.32 Å². The third-order valence-electron chi connectivity index (χ3n) is 3.61. The molecule has 0 amide bonds. The van der Waals surface area contributed by atoms with Crippen molar-refractivity contribution in [1.82, 2.24) is 0 Å². The van der Waals surface area contributed by atoms with E-state index in [1.54, 1.807) is 23.5 Å². The van der Waals surface area contributed by atoms with Gasteiger partial charge in [-0.1, -0.05) is 17.7 Å². The number of aryl methyl sites for hydroxylation is 2. The molecule has 1 aromatic carbocycles. The van der Waals surface area contributed by atoms with Crippen LogP contribution in [0.4, 0.5) is 11.4 Å². The monoisotopic (exact) mass is 308 g/mol. The Morgan fingerprint density at radius 2 is 2.25 bits per heavy atom. The molecule has 0 bridgehead atoms. The molecular formula is C14H13ClN2O2S. The minimum absolute atomic E-state index is 0.111. The first-order chi connectivity index (χ1) is 9.54. The molecule has 1 atom stereocenters. The summed E-state index contributed by atoms with van der Waals surface area (Å²) in [5.41, 5.74) is 3.16. The van der Waals surface area contributed by atoms with Crippen LogP contribution < -0.4 is 5.32 Å². The molecule has 1 heterocycles. The first kappa shape index (κ1) is 13.4. The standard InChI is InChI=1S/C14H13ClN2O2S/c1-8-2-3-9(17(18)19)6-12(8)16-11-4-5-13-10(11)7-14(15)20-13/h2-3,6-7,11,16H,4-5H2,1H3. The Labute approximate surface area is 125 Å². The van der Waals surface area contributed by atoms with Crippen LogP contribution in [0.5, 0.6) is 0 Å². The number of hydrogen-bond donors (Lipinski definition) is 1. The van der Waals surface area contributed by atoms with Gasteiger partial charge in [-0.2, -0.15) is 0 Å². The van der Waals surface area contributed by atoms with Gasteiger partial charge in [-0.25, -0.2) is 0 Å². The number of nitro groups is 1. The summed E-state index contributed by atoms with van der Waals surface area (Å²) in [7, 11) is 0. The average molecular weight is 309 g/mol. The highest BCUT2D eigenvalue weighted by Crippen LogP contribution is 2.41. The molecule has 3 rings (SSSR count). The van der Waals surface area contributed by atoms with E-state index in [1.165, 1.54) is 16.5 Å². The number of nitrogens with zero attached hydrogens (tertiary/aromatic N) is 1. The lowest BCUT2D eigenvalue weighted by atomic mass is 10.1. The zero-order chi connectivity index (χ0) is 14.3. The van der Waals surface area contributed by atoms with Gasteiger partial charge in [0.25, 0.3) is 5.69 Å². The first-order valence-electron chi connectivity index (χ1n) is 6.34. The van der Waals surface area contributed by atoms with Crippen LogP contribution in [-0.4, -0.2) is 4.92 Å². The largest absolute Gasteiger partial charge is 0.378 e.